The van der Waals surface area contributed by atoms with Crippen LogP contribution in [0.25, 0.3) is 0 Å². The summed E-state index contributed by atoms with van der Waals surface area (Å²) < 4.78 is 10.7. The maximum atomic E-state index is 13.2. The molecule has 1 aromatic heterocycles. The lowest BCUT2D eigenvalue weighted by Crippen LogP contribution is -2.41. The van der Waals surface area contributed by atoms with Gasteiger partial charge in [-0.2, -0.15) is 0 Å². The van der Waals surface area contributed by atoms with Crippen molar-refractivity contribution in [3.05, 3.63) is 53.3 Å². The van der Waals surface area contributed by atoms with Crippen molar-refractivity contribution in [1.29, 1.82) is 0 Å². The maximum Gasteiger partial charge on any atom is 0.325 e. The molecule has 1 unspecified atom stereocenters. The van der Waals surface area contributed by atoms with Gasteiger partial charge >= 0.3 is 6.03 Å². The summed E-state index contributed by atoms with van der Waals surface area (Å²) in [6, 6.07) is 8.84. The van der Waals surface area contributed by atoms with Crippen LogP contribution < -0.4 is 14.8 Å². The molecule has 1 spiro atoms. The summed E-state index contributed by atoms with van der Waals surface area (Å²) in [4.78, 5) is 31.4. The molecular weight excluding hydrogens is 346 g/mol. The predicted molar refractivity (Wildman–Crippen MR) is 97.5 cm³/mol. The number of hydrogen-bond acceptors (Lipinski definition) is 5. The second kappa shape index (κ2) is 6.57. The standard InChI is InChI=1S/C20H21N3O4/c1-3-27-16-7-5-14(21-11-16)12-23-18(24)20(22-19(23)25)9-8-13-4-6-15(26-2)10-17(13)20/h4-7,10-11H,3,8-9,12H2,1-2H3,(H,22,25). The van der Waals surface area contributed by atoms with E-state index in [4.69, 9.17) is 9.47 Å². The van der Waals surface area contributed by atoms with Crippen LogP contribution >= 0.6 is 0 Å². The summed E-state index contributed by atoms with van der Waals surface area (Å²) in [5.74, 6) is 1.09. The Balaban J connectivity index is 1.60. The van der Waals surface area contributed by atoms with E-state index in [2.05, 4.69) is 10.3 Å². The number of rotatable bonds is 5. The average molecular weight is 367 g/mol. The van der Waals surface area contributed by atoms with Gasteiger partial charge in [0.2, 0.25) is 0 Å². The third kappa shape index (κ3) is 2.79. The molecule has 1 saturated heterocycles. The molecule has 27 heavy (non-hydrogen) atoms. The summed E-state index contributed by atoms with van der Waals surface area (Å²) in [5.41, 5.74) is 1.50. The normalized spacial score (nSPS) is 20.7. The van der Waals surface area contributed by atoms with E-state index in [1.54, 1.807) is 25.4 Å². The molecule has 0 radical (unpaired) electrons. The number of imide groups is 1. The number of aromatic nitrogens is 1. The zero-order valence-electron chi connectivity index (χ0n) is 15.3. The molecule has 7 nitrogen and oxygen atoms in total. The quantitative estimate of drug-likeness (QED) is 0.821. The van der Waals surface area contributed by atoms with E-state index >= 15 is 0 Å². The third-order valence-electron chi connectivity index (χ3n) is 5.15. The van der Waals surface area contributed by atoms with E-state index in [1.165, 1.54) is 4.90 Å². The van der Waals surface area contributed by atoms with E-state index < -0.39 is 11.6 Å². The first-order valence-electron chi connectivity index (χ1n) is 8.96. The summed E-state index contributed by atoms with van der Waals surface area (Å²) in [6.07, 6.45) is 2.89. The molecule has 1 atom stereocenters. The van der Waals surface area contributed by atoms with Gasteiger partial charge in [0.25, 0.3) is 5.91 Å². The summed E-state index contributed by atoms with van der Waals surface area (Å²) in [5, 5.41) is 2.92. The SMILES string of the molecule is CCOc1ccc(CN2C(=O)NC3(CCc4ccc(OC)cc43)C2=O)nc1. The van der Waals surface area contributed by atoms with Gasteiger partial charge in [-0.15, -0.1) is 0 Å². The number of nitrogens with one attached hydrogen (secondary N) is 1. The monoisotopic (exact) mass is 367 g/mol. The Morgan fingerprint density at radius 2 is 2.04 bits per heavy atom. The van der Waals surface area contributed by atoms with Gasteiger partial charge in [-0.25, -0.2) is 4.79 Å². The minimum atomic E-state index is -1.01. The van der Waals surface area contributed by atoms with Crippen LogP contribution in [-0.4, -0.2) is 35.5 Å². The van der Waals surface area contributed by atoms with Gasteiger partial charge in [0.05, 0.1) is 32.2 Å². The zero-order valence-corrected chi connectivity index (χ0v) is 15.3. The van der Waals surface area contributed by atoms with Crippen LogP contribution in [0.4, 0.5) is 4.79 Å². The largest absolute Gasteiger partial charge is 0.497 e. The number of urea groups is 1. The van der Waals surface area contributed by atoms with Crippen LogP contribution in [0.2, 0.25) is 0 Å². The predicted octanol–water partition coefficient (Wildman–Crippen LogP) is 2.38. The molecule has 1 N–H and O–H groups in total. The summed E-state index contributed by atoms with van der Waals surface area (Å²) in [6.45, 7) is 2.58. The van der Waals surface area contributed by atoms with Gasteiger partial charge in [0, 0.05) is 0 Å². The van der Waals surface area contributed by atoms with Crippen molar-refractivity contribution < 1.29 is 19.1 Å². The maximum absolute atomic E-state index is 13.2. The molecule has 140 valence electrons. The van der Waals surface area contributed by atoms with E-state index in [-0.39, 0.29) is 12.5 Å². The number of carbonyl (C=O) groups excluding carboxylic acids is 2. The highest BCUT2D eigenvalue weighted by Gasteiger charge is 2.55. The second-order valence-corrected chi connectivity index (χ2v) is 6.67. The van der Waals surface area contributed by atoms with E-state index in [9.17, 15) is 9.59 Å². The molecule has 1 aliphatic carbocycles. The topological polar surface area (TPSA) is 80.8 Å². The highest BCUT2D eigenvalue weighted by molar-refractivity contribution is 6.08. The number of pyridine rings is 1. The Morgan fingerprint density at radius 3 is 2.74 bits per heavy atom. The minimum absolute atomic E-state index is 0.123. The van der Waals surface area contributed by atoms with Crippen LogP contribution in [0.1, 0.15) is 30.2 Å². The lowest BCUT2D eigenvalue weighted by molar-refractivity contribution is -0.132. The zero-order chi connectivity index (χ0) is 19.0. The molecule has 2 aliphatic rings. The third-order valence-corrected chi connectivity index (χ3v) is 5.15. The Bertz CT molecular complexity index is 897. The second-order valence-electron chi connectivity index (χ2n) is 6.67. The molecule has 2 aromatic rings. The van der Waals surface area contributed by atoms with Crippen molar-refractivity contribution >= 4 is 11.9 Å². The van der Waals surface area contributed by atoms with Gasteiger partial charge < -0.3 is 14.8 Å². The van der Waals surface area contributed by atoms with Crippen LogP contribution in [0.3, 0.4) is 0 Å². The molecule has 0 saturated carbocycles. The van der Waals surface area contributed by atoms with Crippen LogP contribution in [-0.2, 0) is 23.3 Å². The van der Waals surface area contributed by atoms with Crippen LogP contribution in [0.15, 0.2) is 36.5 Å². The fraction of sp³-hybridized carbons (Fsp3) is 0.350. The van der Waals surface area contributed by atoms with E-state index in [1.807, 2.05) is 25.1 Å². The average Bonchev–Trinajstić information content (AvgIpc) is 3.16. The Kier molecular flexibility index (Phi) is 4.22. The number of ether oxygens (including phenoxy) is 2. The van der Waals surface area contributed by atoms with Gasteiger partial charge in [0.15, 0.2) is 0 Å². The highest BCUT2D eigenvalue weighted by atomic mass is 16.5. The van der Waals surface area contributed by atoms with E-state index in [0.29, 0.717) is 30.2 Å². The number of nitrogens with zero attached hydrogens (tertiary/aromatic N) is 2. The van der Waals surface area contributed by atoms with Crippen molar-refractivity contribution in [2.75, 3.05) is 13.7 Å². The minimum Gasteiger partial charge on any atom is -0.497 e. The van der Waals surface area contributed by atoms with Crippen LogP contribution in [0.5, 0.6) is 11.5 Å². The smallest absolute Gasteiger partial charge is 0.325 e. The number of benzene rings is 1. The van der Waals surface area contributed by atoms with Crippen molar-refractivity contribution in [1.82, 2.24) is 15.2 Å². The number of hydrogen-bond donors (Lipinski definition) is 1. The molecule has 7 heteroatoms. The molecule has 1 aliphatic heterocycles. The number of aryl methyl sites for hydroxylation is 1. The lowest BCUT2D eigenvalue weighted by atomic mass is 9.91. The van der Waals surface area contributed by atoms with Crippen molar-refractivity contribution in [2.45, 2.75) is 31.8 Å². The Labute approximate surface area is 157 Å². The summed E-state index contributed by atoms with van der Waals surface area (Å²) in [7, 11) is 1.59. The van der Waals surface area contributed by atoms with E-state index in [0.717, 1.165) is 17.5 Å². The molecule has 1 fully saturated rings. The number of fused-ring (bicyclic) bond motifs is 2. The van der Waals surface area contributed by atoms with Crippen molar-refractivity contribution in [3.63, 3.8) is 0 Å². The van der Waals surface area contributed by atoms with Crippen molar-refractivity contribution in [3.8, 4) is 11.5 Å². The molecule has 1 aromatic carbocycles. The summed E-state index contributed by atoms with van der Waals surface area (Å²) >= 11 is 0. The molecular formula is C20H21N3O4. The molecule has 4 rings (SSSR count). The fourth-order valence-electron chi connectivity index (χ4n) is 3.79. The fourth-order valence-corrected chi connectivity index (χ4v) is 3.79. The van der Waals surface area contributed by atoms with Gasteiger partial charge in [-0.05, 0) is 55.2 Å². The van der Waals surface area contributed by atoms with Gasteiger partial charge in [0.1, 0.15) is 17.0 Å². The first-order chi connectivity index (χ1) is 13.1. The Morgan fingerprint density at radius 1 is 1.22 bits per heavy atom. The molecule has 0 bridgehead atoms. The van der Waals surface area contributed by atoms with Crippen molar-refractivity contribution in [2.24, 2.45) is 0 Å². The highest BCUT2D eigenvalue weighted by Crippen LogP contribution is 2.43. The van der Waals surface area contributed by atoms with Crippen LogP contribution in [0, 0.1) is 0 Å². The first-order valence-corrected chi connectivity index (χ1v) is 8.96. The molecule has 3 amide bonds. The van der Waals surface area contributed by atoms with Gasteiger partial charge in [-0.1, -0.05) is 6.07 Å². The van der Waals surface area contributed by atoms with Gasteiger partial charge in [-0.3, -0.25) is 14.7 Å². The number of carbonyl (C=O) groups is 2. The Hall–Kier alpha value is -3.09. The first kappa shape index (κ1) is 17.3. The molecule has 2 heterocycles. The number of amides is 3. The lowest BCUT2D eigenvalue weighted by Gasteiger charge is -2.22. The number of methoxy groups -OCH3 is 1.